The standard InChI is InChI=1S/C24H25BrCl2N4O.ClH/c1-14-22(24(32)29-30-12-16-3-2-4-17(16)13-30)28-31(21-10-9-19(26)11-20(21)27)23(14)15-5-7-18(25)8-6-15;/h5-11,14,16-17,23H,2-4,12-13H2,1H3,(H,29,32);1H/t14-,16?,17?,23-;/m0./s1. The van der Waals surface area contributed by atoms with Gasteiger partial charge in [0.15, 0.2) is 0 Å². The highest BCUT2D eigenvalue weighted by Crippen LogP contribution is 2.43. The first-order valence-electron chi connectivity index (χ1n) is 11.0. The second-order valence-corrected chi connectivity index (χ2v) is 10.8. The van der Waals surface area contributed by atoms with Gasteiger partial charge in [0, 0.05) is 28.5 Å². The van der Waals surface area contributed by atoms with Crippen LogP contribution in [0.25, 0.3) is 0 Å². The number of anilines is 1. The summed E-state index contributed by atoms with van der Waals surface area (Å²) in [5.41, 5.74) is 5.44. The van der Waals surface area contributed by atoms with E-state index in [1.807, 2.05) is 30.1 Å². The number of hydrazine groups is 1. The first-order chi connectivity index (χ1) is 15.4. The number of benzene rings is 2. The molecule has 0 bridgehead atoms. The Morgan fingerprint density at radius 1 is 1.09 bits per heavy atom. The summed E-state index contributed by atoms with van der Waals surface area (Å²) in [5, 5.41) is 9.81. The van der Waals surface area contributed by atoms with Gasteiger partial charge in [-0.25, -0.2) is 5.01 Å². The third-order valence-corrected chi connectivity index (χ3v) is 8.04. The van der Waals surface area contributed by atoms with Gasteiger partial charge in [0.05, 0.1) is 16.8 Å². The number of fused-ring (bicyclic) bond motifs is 1. The molecule has 1 amide bonds. The molecule has 2 fully saturated rings. The number of nitrogens with one attached hydrogen (secondary N) is 1. The lowest BCUT2D eigenvalue weighted by Crippen LogP contribution is -2.45. The molecule has 0 radical (unpaired) electrons. The summed E-state index contributed by atoms with van der Waals surface area (Å²) < 4.78 is 1.00. The van der Waals surface area contributed by atoms with Gasteiger partial charge in [-0.1, -0.05) is 64.6 Å². The molecule has 3 aliphatic rings. The summed E-state index contributed by atoms with van der Waals surface area (Å²) in [5.74, 6) is 1.16. The average Bonchev–Trinajstić information content (AvgIpc) is 3.42. The molecule has 4 atom stereocenters. The minimum absolute atomic E-state index is 0. The number of carbonyl (C=O) groups excluding carboxylic acids is 1. The smallest absolute Gasteiger partial charge is 0.282 e. The van der Waals surface area contributed by atoms with Gasteiger partial charge in [-0.05, 0) is 60.6 Å². The van der Waals surface area contributed by atoms with Crippen molar-refractivity contribution in [2.24, 2.45) is 22.9 Å². The lowest BCUT2D eigenvalue weighted by atomic mass is 9.91. The van der Waals surface area contributed by atoms with Gasteiger partial charge in [-0.2, -0.15) is 5.10 Å². The van der Waals surface area contributed by atoms with Crippen LogP contribution in [0, 0.1) is 17.8 Å². The maximum Gasteiger partial charge on any atom is 0.282 e. The van der Waals surface area contributed by atoms with E-state index in [1.165, 1.54) is 19.3 Å². The number of nitrogens with zero attached hydrogens (tertiary/aromatic N) is 3. The van der Waals surface area contributed by atoms with E-state index in [0.29, 0.717) is 27.6 Å². The Labute approximate surface area is 219 Å². The van der Waals surface area contributed by atoms with Gasteiger partial charge in [-0.15, -0.1) is 12.4 Å². The fourth-order valence-corrected chi connectivity index (χ4v) is 6.13. The molecule has 1 N–H and O–H groups in total. The third kappa shape index (κ3) is 4.92. The summed E-state index contributed by atoms with van der Waals surface area (Å²) in [6, 6.07) is 13.3. The number of rotatable bonds is 4. The van der Waals surface area contributed by atoms with Crippen molar-refractivity contribution in [1.29, 1.82) is 0 Å². The van der Waals surface area contributed by atoms with Crippen molar-refractivity contribution in [3.63, 3.8) is 0 Å². The zero-order chi connectivity index (χ0) is 22.4. The zero-order valence-corrected chi connectivity index (χ0v) is 22.1. The number of halogens is 4. The van der Waals surface area contributed by atoms with Crippen LogP contribution in [-0.4, -0.2) is 29.7 Å². The van der Waals surface area contributed by atoms with E-state index in [2.05, 4.69) is 38.5 Å². The van der Waals surface area contributed by atoms with E-state index < -0.39 is 0 Å². The topological polar surface area (TPSA) is 47.9 Å². The molecule has 1 aliphatic carbocycles. The minimum Gasteiger partial charge on any atom is -0.284 e. The lowest BCUT2D eigenvalue weighted by Gasteiger charge is -2.27. The SMILES string of the molecule is C[C@H]1C(C(=O)NN2CC3CCCC3C2)=NN(c2ccc(Cl)cc2Cl)[C@@H]1c1ccc(Br)cc1.Cl. The van der Waals surface area contributed by atoms with Crippen LogP contribution in [0.2, 0.25) is 10.0 Å². The molecule has 0 spiro atoms. The Kier molecular flexibility index (Phi) is 7.61. The molecular weight excluding hydrogens is 547 g/mol. The van der Waals surface area contributed by atoms with Crippen molar-refractivity contribution in [3.05, 3.63) is 62.5 Å². The van der Waals surface area contributed by atoms with Crippen molar-refractivity contribution < 1.29 is 4.79 Å². The van der Waals surface area contributed by atoms with Gasteiger partial charge in [0.25, 0.3) is 5.91 Å². The van der Waals surface area contributed by atoms with Crippen molar-refractivity contribution >= 4 is 68.8 Å². The summed E-state index contributed by atoms with van der Waals surface area (Å²) in [6.45, 7) is 3.91. The average molecular weight is 573 g/mol. The first-order valence-corrected chi connectivity index (χ1v) is 12.6. The summed E-state index contributed by atoms with van der Waals surface area (Å²) >= 11 is 16.2. The van der Waals surface area contributed by atoms with Gasteiger partial charge in [0.2, 0.25) is 0 Å². The summed E-state index contributed by atoms with van der Waals surface area (Å²) in [6.07, 6.45) is 3.85. The van der Waals surface area contributed by atoms with E-state index in [1.54, 1.807) is 12.1 Å². The van der Waals surface area contributed by atoms with Gasteiger partial charge >= 0.3 is 0 Å². The van der Waals surface area contributed by atoms with E-state index in [-0.39, 0.29) is 30.3 Å². The molecule has 2 aromatic rings. The Balaban J connectivity index is 0.00000259. The quantitative estimate of drug-likeness (QED) is 0.455. The number of hydrogen-bond donors (Lipinski definition) is 1. The highest BCUT2D eigenvalue weighted by atomic mass is 79.9. The van der Waals surface area contributed by atoms with Crippen molar-refractivity contribution in [1.82, 2.24) is 10.4 Å². The Morgan fingerprint density at radius 2 is 1.76 bits per heavy atom. The Morgan fingerprint density at radius 3 is 2.39 bits per heavy atom. The van der Waals surface area contributed by atoms with Gasteiger partial charge in [-0.3, -0.25) is 15.2 Å². The van der Waals surface area contributed by atoms with E-state index >= 15 is 0 Å². The zero-order valence-electron chi connectivity index (χ0n) is 18.2. The van der Waals surface area contributed by atoms with E-state index in [9.17, 15) is 4.79 Å². The molecule has 9 heteroatoms. The Bertz CT molecular complexity index is 1050. The number of hydrogen-bond acceptors (Lipinski definition) is 4. The molecule has 2 aromatic carbocycles. The van der Waals surface area contributed by atoms with Crippen LogP contribution in [0.15, 0.2) is 52.0 Å². The van der Waals surface area contributed by atoms with Gasteiger partial charge in [0.1, 0.15) is 5.71 Å². The molecule has 0 aromatic heterocycles. The molecule has 2 aliphatic heterocycles. The van der Waals surface area contributed by atoms with Crippen molar-refractivity contribution in [2.45, 2.75) is 32.2 Å². The fourth-order valence-electron chi connectivity index (χ4n) is 5.37. The normalized spacial score (nSPS) is 26.7. The second-order valence-electron chi connectivity index (χ2n) is 9.01. The predicted octanol–water partition coefficient (Wildman–Crippen LogP) is 6.49. The molecule has 33 heavy (non-hydrogen) atoms. The van der Waals surface area contributed by atoms with Crippen LogP contribution >= 0.6 is 51.5 Å². The van der Waals surface area contributed by atoms with Crippen LogP contribution in [0.3, 0.4) is 0 Å². The minimum atomic E-state index is -0.152. The van der Waals surface area contributed by atoms with Crippen LogP contribution < -0.4 is 10.4 Å². The Hall–Kier alpha value is -1.31. The summed E-state index contributed by atoms with van der Waals surface area (Å²) in [4.78, 5) is 13.3. The molecule has 5 rings (SSSR count). The van der Waals surface area contributed by atoms with Crippen LogP contribution in [0.4, 0.5) is 5.69 Å². The third-order valence-electron chi connectivity index (χ3n) is 6.97. The molecule has 176 valence electrons. The largest absolute Gasteiger partial charge is 0.284 e. The molecule has 2 heterocycles. The lowest BCUT2D eigenvalue weighted by molar-refractivity contribution is -0.119. The van der Waals surface area contributed by atoms with Crippen LogP contribution in [0.1, 0.15) is 37.8 Å². The first kappa shape index (κ1) is 24.8. The molecular formula is C24H26BrCl3N4O. The molecule has 1 saturated heterocycles. The maximum atomic E-state index is 13.3. The monoisotopic (exact) mass is 570 g/mol. The fraction of sp³-hybridized carbons (Fsp3) is 0.417. The van der Waals surface area contributed by atoms with Crippen molar-refractivity contribution in [2.75, 3.05) is 18.1 Å². The van der Waals surface area contributed by atoms with E-state index in [0.717, 1.165) is 28.8 Å². The molecule has 5 nitrogen and oxygen atoms in total. The van der Waals surface area contributed by atoms with Crippen molar-refractivity contribution in [3.8, 4) is 0 Å². The maximum absolute atomic E-state index is 13.3. The predicted molar refractivity (Wildman–Crippen MR) is 140 cm³/mol. The van der Waals surface area contributed by atoms with Crippen LogP contribution in [0.5, 0.6) is 0 Å². The second kappa shape index (κ2) is 10.1. The summed E-state index contributed by atoms with van der Waals surface area (Å²) in [7, 11) is 0. The van der Waals surface area contributed by atoms with Gasteiger partial charge < -0.3 is 0 Å². The highest BCUT2D eigenvalue weighted by molar-refractivity contribution is 9.10. The van der Waals surface area contributed by atoms with Crippen LogP contribution in [-0.2, 0) is 4.79 Å². The number of amides is 1. The molecule has 2 unspecified atom stereocenters. The highest BCUT2D eigenvalue weighted by Gasteiger charge is 2.42. The van der Waals surface area contributed by atoms with E-state index in [4.69, 9.17) is 28.3 Å². The molecule has 1 saturated carbocycles. The number of hydrazone groups is 1. The number of carbonyl (C=O) groups is 1.